The van der Waals surface area contributed by atoms with E-state index in [0.29, 0.717) is 29.4 Å². The van der Waals surface area contributed by atoms with Gasteiger partial charge in [-0.1, -0.05) is 23.7 Å². The highest BCUT2D eigenvalue weighted by molar-refractivity contribution is 6.39. The summed E-state index contributed by atoms with van der Waals surface area (Å²) in [5.74, 6) is -1.65. The topological polar surface area (TPSA) is 87.3 Å². The third-order valence-electron chi connectivity index (χ3n) is 3.26. The summed E-state index contributed by atoms with van der Waals surface area (Å²) in [6.45, 7) is 1.73. The first-order valence-electron chi connectivity index (χ1n) is 7.65. The molecule has 2 rings (SSSR count). The molecule has 3 amide bonds. The van der Waals surface area contributed by atoms with Crippen LogP contribution in [0, 0.1) is 0 Å². The Bertz CT molecular complexity index is 775. The Hall–Kier alpha value is -2.86. The van der Waals surface area contributed by atoms with Crippen LogP contribution in [0.4, 0.5) is 11.4 Å². The van der Waals surface area contributed by atoms with Crippen LogP contribution >= 0.6 is 11.6 Å². The summed E-state index contributed by atoms with van der Waals surface area (Å²) in [6.07, 6.45) is 0.574. The normalized spacial score (nSPS) is 10.0. The Morgan fingerprint density at radius 3 is 2.16 bits per heavy atom. The van der Waals surface area contributed by atoms with E-state index >= 15 is 0 Å². The van der Waals surface area contributed by atoms with Crippen molar-refractivity contribution in [2.24, 2.45) is 0 Å². The maximum atomic E-state index is 11.9. The van der Waals surface area contributed by atoms with Crippen LogP contribution in [-0.4, -0.2) is 24.3 Å². The minimum Gasteiger partial charge on any atom is -0.347 e. The zero-order valence-electron chi connectivity index (χ0n) is 13.6. The lowest BCUT2D eigenvalue weighted by Gasteiger charge is -2.08. The summed E-state index contributed by atoms with van der Waals surface area (Å²) in [7, 11) is 0. The average molecular weight is 360 g/mol. The number of halogens is 1. The largest absolute Gasteiger partial charge is 0.347 e. The van der Waals surface area contributed by atoms with Gasteiger partial charge in [-0.3, -0.25) is 14.4 Å². The maximum Gasteiger partial charge on any atom is 0.313 e. The maximum absolute atomic E-state index is 11.9. The van der Waals surface area contributed by atoms with Crippen molar-refractivity contribution >= 4 is 40.7 Å². The summed E-state index contributed by atoms with van der Waals surface area (Å²) in [4.78, 5) is 34.6. The molecule has 0 unspecified atom stereocenters. The van der Waals surface area contributed by atoms with Crippen molar-refractivity contribution in [3.8, 4) is 0 Å². The number of hydrogen-bond donors (Lipinski definition) is 3. The number of carbonyl (C=O) groups is 3. The summed E-state index contributed by atoms with van der Waals surface area (Å²) in [5.41, 5.74) is 2.04. The Kier molecular flexibility index (Phi) is 6.54. The minimum absolute atomic E-state index is 0.184. The quantitative estimate of drug-likeness (QED) is 0.717. The molecule has 25 heavy (non-hydrogen) atoms. The van der Waals surface area contributed by atoms with Gasteiger partial charge < -0.3 is 16.0 Å². The fraction of sp³-hybridized carbons (Fsp3) is 0.167. The number of amides is 3. The van der Waals surface area contributed by atoms with E-state index in [9.17, 15) is 14.4 Å². The molecule has 2 aromatic rings. The Balaban J connectivity index is 1.79. The molecular formula is C18H18ClN3O3. The minimum atomic E-state index is -0.752. The van der Waals surface area contributed by atoms with E-state index in [2.05, 4.69) is 16.0 Å². The van der Waals surface area contributed by atoms with E-state index in [-0.39, 0.29) is 5.91 Å². The van der Waals surface area contributed by atoms with Gasteiger partial charge in [0.25, 0.3) is 0 Å². The zero-order chi connectivity index (χ0) is 18.2. The van der Waals surface area contributed by atoms with Gasteiger partial charge in [-0.05, 0) is 48.4 Å². The van der Waals surface area contributed by atoms with Gasteiger partial charge in [-0.15, -0.1) is 0 Å². The van der Waals surface area contributed by atoms with Gasteiger partial charge in [-0.25, -0.2) is 0 Å². The summed E-state index contributed by atoms with van der Waals surface area (Å²) >= 11 is 5.89. The van der Waals surface area contributed by atoms with Gasteiger partial charge in [0.05, 0.1) is 0 Å². The molecule has 6 nitrogen and oxygen atoms in total. The molecular weight excluding hydrogens is 342 g/mol. The van der Waals surface area contributed by atoms with E-state index in [0.717, 1.165) is 5.56 Å². The second kappa shape index (κ2) is 8.84. The molecule has 0 aliphatic rings. The lowest BCUT2D eigenvalue weighted by Crippen LogP contribution is -2.36. The van der Waals surface area contributed by atoms with E-state index in [1.807, 2.05) is 18.2 Å². The number of hydrogen-bond acceptors (Lipinski definition) is 3. The van der Waals surface area contributed by atoms with Crippen molar-refractivity contribution in [3.05, 3.63) is 59.1 Å². The first-order chi connectivity index (χ1) is 11.9. The number of benzene rings is 2. The molecule has 0 saturated heterocycles. The highest BCUT2D eigenvalue weighted by atomic mass is 35.5. The zero-order valence-corrected chi connectivity index (χ0v) is 14.4. The molecule has 0 saturated carbocycles. The lowest BCUT2D eigenvalue weighted by molar-refractivity contribution is -0.136. The Morgan fingerprint density at radius 1 is 0.920 bits per heavy atom. The van der Waals surface area contributed by atoms with Crippen molar-refractivity contribution in [1.29, 1.82) is 0 Å². The van der Waals surface area contributed by atoms with Gasteiger partial charge in [0.15, 0.2) is 0 Å². The fourth-order valence-electron chi connectivity index (χ4n) is 2.12. The van der Waals surface area contributed by atoms with Gasteiger partial charge in [0.2, 0.25) is 5.91 Å². The van der Waals surface area contributed by atoms with Crippen LogP contribution in [-0.2, 0) is 20.8 Å². The van der Waals surface area contributed by atoms with Crippen molar-refractivity contribution in [2.45, 2.75) is 13.3 Å². The van der Waals surface area contributed by atoms with Crippen molar-refractivity contribution < 1.29 is 14.4 Å². The molecule has 0 radical (unpaired) electrons. The van der Waals surface area contributed by atoms with E-state index in [4.69, 9.17) is 11.6 Å². The summed E-state index contributed by atoms with van der Waals surface area (Å²) in [6, 6.07) is 13.8. The van der Waals surface area contributed by atoms with Crippen LogP contribution in [0.25, 0.3) is 0 Å². The highest BCUT2D eigenvalue weighted by Crippen LogP contribution is 2.13. The molecule has 2 aromatic carbocycles. The number of rotatable bonds is 5. The molecule has 0 fully saturated rings. The molecule has 7 heteroatoms. The molecule has 0 bridgehead atoms. The van der Waals surface area contributed by atoms with Gasteiger partial charge in [-0.2, -0.15) is 0 Å². The van der Waals surface area contributed by atoms with E-state index < -0.39 is 11.8 Å². The SMILES string of the molecule is CC(=O)Nc1ccc(NC(=O)C(=O)NCCc2cccc(Cl)c2)cc1. The van der Waals surface area contributed by atoms with Gasteiger partial charge in [0.1, 0.15) is 0 Å². The van der Waals surface area contributed by atoms with Crippen molar-refractivity contribution in [2.75, 3.05) is 17.2 Å². The highest BCUT2D eigenvalue weighted by Gasteiger charge is 2.13. The fourth-order valence-corrected chi connectivity index (χ4v) is 2.33. The van der Waals surface area contributed by atoms with Crippen LogP contribution in [0.2, 0.25) is 5.02 Å². The second-order valence-electron chi connectivity index (χ2n) is 5.35. The molecule has 3 N–H and O–H groups in total. The van der Waals surface area contributed by atoms with Crippen LogP contribution in [0.3, 0.4) is 0 Å². The first kappa shape index (κ1) is 18.5. The molecule has 0 atom stereocenters. The van der Waals surface area contributed by atoms with E-state index in [1.54, 1.807) is 30.3 Å². The number of carbonyl (C=O) groups excluding carboxylic acids is 3. The first-order valence-corrected chi connectivity index (χ1v) is 8.03. The molecule has 0 spiro atoms. The molecule has 0 heterocycles. The van der Waals surface area contributed by atoms with Crippen LogP contribution < -0.4 is 16.0 Å². The smallest absolute Gasteiger partial charge is 0.313 e. The average Bonchev–Trinajstić information content (AvgIpc) is 2.56. The molecule has 0 aromatic heterocycles. The standard InChI is InChI=1S/C18H18ClN3O3/c1-12(23)21-15-5-7-16(8-6-15)22-18(25)17(24)20-10-9-13-3-2-4-14(19)11-13/h2-8,11H,9-10H2,1H3,(H,20,24)(H,21,23)(H,22,25). The number of anilines is 2. The third kappa shape index (κ3) is 6.27. The molecule has 0 aliphatic carbocycles. The van der Waals surface area contributed by atoms with Crippen molar-refractivity contribution in [1.82, 2.24) is 5.32 Å². The lowest BCUT2D eigenvalue weighted by atomic mass is 10.1. The van der Waals surface area contributed by atoms with Gasteiger partial charge in [0, 0.05) is 29.9 Å². The molecule has 130 valence electrons. The van der Waals surface area contributed by atoms with Crippen molar-refractivity contribution in [3.63, 3.8) is 0 Å². The second-order valence-corrected chi connectivity index (χ2v) is 5.78. The predicted octanol–water partition coefficient (Wildman–Crippen LogP) is 2.60. The van der Waals surface area contributed by atoms with Crippen LogP contribution in [0.1, 0.15) is 12.5 Å². The van der Waals surface area contributed by atoms with Gasteiger partial charge >= 0.3 is 11.8 Å². The van der Waals surface area contributed by atoms with E-state index in [1.165, 1.54) is 6.92 Å². The molecule has 0 aliphatic heterocycles. The van der Waals surface area contributed by atoms with Crippen LogP contribution in [0.15, 0.2) is 48.5 Å². The summed E-state index contributed by atoms with van der Waals surface area (Å²) < 4.78 is 0. The Morgan fingerprint density at radius 2 is 1.56 bits per heavy atom. The monoisotopic (exact) mass is 359 g/mol. The Labute approximate surface area is 150 Å². The number of nitrogens with one attached hydrogen (secondary N) is 3. The predicted molar refractivity (Wildman–Crippen MR) is 97.5 cm³/mol. The van der Waals surface area contributed by atoms with Crippen LogP contribution in [0.5, 0.6) is 0 Å². The third-order valence-corrected chi connectivity index (χ3v) is 3.49. The summed E-state index contributed by atoms with van der Waals surface area (Å²) in [5, 5.41) is 8.30.